The van der Waals surface area contributed by atoms with E-state index in [0.717, 1.165) is 24.6 Å². The number of nitrogens with one attached hydrogen (secondary N) is 1. The number of fused-ring (bicyclic) bond motifs is 1. The van der Waals surface area contributed by atoms with Crippen molar-refractivity contribution in [3.8, 4) is 0 Å². The Labute approximate surface area is 149 Å². The van der Waals surface area contributed by atoms with Crippen LogP contribution in [0, 0.1) is 0 Å². The number of hydrogen-bond acceptors (Lipinski definition) is 3. The van der Waals surface area contributed by atoms with Crippen molar-refractivity contribution in [2.45, 2.75) is 50.2 Å². The van der Waals surface area contributed by atoms with Crippen LogP contribution in [0.2, 0.25) is 0 Å². The average molecular weight is 395 g/mol. The van der Waals surface area contributed by atoms with Crippen LogP contribution in [0.5, 0.6) is 0 Å². The highest BCUT2D eigenvalue weighted by Crippen LogP contribution is 2.40. The van der Waals surface area contributed by atoms with E-state index >= 15 is 0 Å². The van der Waals surface area contributed by atoms with Gasteiger partial charge < -0.3 is 9.67 Å². The third kappa shape index (κ3) is 3.35. The fraction of sp³-hybridized carbons (Fsp3) is 0.500. The summed E-state index contributed by atoms with van der Waals surface area (Å²) in [5, 5.41) is 11.4. The molecule has 0 spiro atoms. The summed E-state index contributed by atoms with van der Waals surface area (Å²) >= 11 is 0. The Kier molecular flexibility index (Phi) is 4.41. The van der Waals surface area contributed by atoms with Gasteiger partial charge in [-0.15, -0.1) is 0 Å². The molecule has 1 aromatic carbocycles. The number of nitrogens with zero attached hydrogens (tertiary/aromatic N) is 2. The topological polar surface area (TPSA) is 67.2 Å². The Morgan fingerprint density at radius 3 is 2.33 bits per heavy atom. The molecule has 148 valence electrons. The van der Waals surface area contributed by atoms with Gasteiger partial charge >= 0.3 is 12.4 Å². The summed E-state index contributed by atoms with van der Waals surface area (Å²) in [6.45, 7) is 0.292. The summed E-state index contributed by atoms with van der Waals surface area (Å²) in [6.07, 6.45) is -7.88. The summed E-state index contributed by atoms with van der Waals surface area (Å²) < 4.78 is 78.8. The molecule has 0 saturated heterocycles. The summed E-state index contributed by atoms with van der Waals surface area (Å²) in [4.78, 5) is 15.9. The molecular formula is C16H15F6N3O2. The van der Waals surface area contributed by atoms with E-state index in [1.54, 1.807) is 0 Å². The quantitative estimate of drug-likeness (QED) is 0.772. The molecule has 1 fully saturated rings. The summed E-state index contributed by atoms with van der Waals surface area (Å²) in [5.74, 6) is -2.09. The lowest BCUT2D eigenvalue weighted by Crippen LogP contribution is -2.52. The number of hydrogen-bond donors (Lipinski definition) is 2. The van der Waals surface area contributed by atoms with E-state index in [4.69, 9.17) is 0 Å². The van der Waals surface area contributed by atoms with Crippen LogP contribution in [-0.2, 0) is 11.0 Å². The van der Waals surface area contributed by atoms with Crippen molar-refractivity contribution in [1.29, 1.82) is 0 Å². The Balaban J connectivity index is 2.06. The van der Waals surface area contributed by atoms with E-state index < -0.39 is 29.4 Å². The molecule has 1 amide bonds. The highest BCUT2D eigenvalue weighted by molar-refractivity contribution is 5.97. The zero-order chi connectivity index (χ0) is 20.2. The minimum absolute atomic E-state index is 0.0523. The maximum Gasteiger partial charge on any atom is 0.426 e. The number of carbonyl (C=O) groups is 1. The molecule has 5 nitrogen and oxygen atoms in total. The molecule has 2 aromatic rings. The van der Waals surface area contributed by atoms with Gasteiger partial charge in [0, 0.05) is 6.04 Å². The predicted octanol–water partition coefficient (Wildman–Crippen LogP) is 4.03. The first kappa shape index (κ1) is 19.5. The van der Waals surface area contributed by atoms with Crippen LogP contribution in [-0.4, -0.2) is 32.3 Å². The molecule has 0 radical (unpaired) electrons. The van der Waals surface area contributed by atoms with Gasteiger partial charge in [-0.25, -0.2) is 4.98 Å². The number of aromatic nitrogens is 2. The number of amides is 1. The van der Waals surface area contributed by atoms with Gasteiger partial charge in [0.1, 0.15) is 0 Å². The molecule has 1 saturated carbocycles. The Morgan fingerprint density at radius 2 is 1.85 bits per heavy atom. The van der Waals surface area contributed by atoms with Crippen molar-refractivity contribution in [2.24, 2.45) is 0 Å². The van der Waals surface area contributed by atoms with Gasteiger partial charge in [-0.3, -0.25) is 10.1 Å². The molecular weight excluding hydrogens is 380 g/mol. The molecule has 11 heteroatoms. The Morgan fingerprint density at radius 1 is 1.22 bits per heavy atom. The van der Waals surface area contributed by atoms with Crippen LogP contribution in [0.3, 0.4) is 0 Å². The van der Waals surface area contributed by atoms with Gasteiger partial charge in [0.05, 0.1) is 16.6 Å². The fourth-order valence-corrected chi connectivity index (χ4v) is 2.72. The zero-order valence-electron chi connectivity index (χ0n) is 13.9. The van der Waals surface area contributed by atoms with Crippen LogP contribution in [0.1, 0.15) is 37.8 Å². The number of imidazole rings is 1. The minimum Gasteiger partial charge on any atom is -0.373 e. The number of carbonyl (C=O) groups excluding carboxylic acids is 1. The smallest absolute Gasteiger partial charge is 0.373 e. The monoisotopic (exact) mass is 395 g/mol. The molecule has 1 aromatic heterocycles. The molecule has 3 rings (SSSR count). The lowest BCUT2D eigenvalue weighted by Gasteiger charge is -2.30. The number of halogens is 6. The highest BCUT2D eigenvalue weighted by Gasteiger charge is 2.56. The second kappa shape index (κ2) is 6.11. The number of rotatable bonds is 3. The van der Waals surface area contributed by atoms with Gasteiger partial charge in [0.25, 0.3) is 5.91 Å². The standard InChI is InChI=1S/C16H15F6N3O2/c1-14(27,16(20,21)22)12(26)24-13-23-10-6-5-8(15(17,18)19)7-11(10)25(13)9-3-2-4-9/h5-7,9,27H,2-4H2,1H3,(H,23,24,26). The summed E-state index contributed by atoms with van der Waals surface area (Å²) in [5.41, 5.74) is -4.46. The van der Waals surface area contributed by atoms with E-state index in [0.29, 0.717) is 19.8 Å². The number of benzene rings is 1. The SMILES string of the molecule is CC(O)(C(=O)Nc1nc2ccc(C(F)(F)F)cc2n1C1CCC1)C(F)(F)F. The Bertz CT molecular complexity index is 881. The third-order valence-electron chi connectivity index (χ3n) is 4.68. The molecule has 27 heavy (non-hydrogen) atoms. The number of aliphatic hydroxyl groups is 1. The van der Waals surface area contributed by atoms with Crippen LogP contribution in [0.25, 0.3) is 11.0 Å². The molecule has 0 aliphatic heterocycles. The Hall–Kier alpha value is -2.30. The van der Waals surface area contributed by atoms with Crippen LogP contribution >= 0.6 is 0 Å². The second-order valence-corrected chi connectivity index (χ2v) is 6.62. The molecule has 1 atom stereocenters. The van der Waals surface area contributed by atoms with E-state index in [9.17, 15) is 36.2 Å². The normalized spacial score (nSPS) is 18.2. The summed E-state index contributed by atoms with van der Waals surface area (Å²) in [7, 11) is 0. The van der Waals surface area contributed by atoms with Crippen molar-refractivity contribution in [2.75, 3.05) is 5.32 Å². The largest absolute Gasteiger partial charge is 0.426 e. The van der Waals surface area contributed by atoms with Gasteiger partial charge in [0.15, 0.2) is 0 Å². The first-order valence-electron chi connectivity index (χ1n) is 8.02. The average Bonchev–Trinajstić information content (AvgIpc) is 2.81. The number of anilines is 1. The van der Waals surface area contributed by atoms with Crippen LogP contribution in [0.15, 0.2) is 18.2 Å². The van der Waals surface area contributed by atoms with E-state index in [-0.39, 0.29) is 23.0 Å². The first-order chi connectivity index (χ1) is 12.3. The first-order valence-corrected chi connectivity index (χ1v) is 8.02. The molecule has 2 N–H and O–H groups in total. The fourth-order valence-electron chi connectivity index (χ4n) is 2.72. The third-order valence-corrected chi connectivity index (χ3v) is 4.68. The van der Waals surface area contributed by atoms with E-state index in [1.807, 2.05) is 5.32 Å². The van der Waals surface area contributed by atoms with E-state index in [1.165, 1.54) is 4.57 Å². The van der Waals surface area contributed by atoms with Crippen LogP contribution in [0.4, 0.5) is 32.3 Å². The maximum absolute atomic E-state index is 13.0. The maximum atomic E-state index is 13.0. The summed E-state index contributed by atoms with van der Waals surface area (Å²) in [6, 6.07) is 2.44. The molecule has 1 heterocycles. The van der Waals surface area contributed by atoms with Gasteiger partial charge in [0.2, 0.25) is 11.5 Å². The van der Waals surface area contributed by atoms with Crippen molar-refractivity contribution in [3.63, 3.8) is 0 Å². The van der Waals surface area contributed by atoms with Gasteiger partial charge in [-0.05, 0) is 44.4 Å². The lowest BCUT2D eigenvalue weighted by molar-refractivity contribution is -0.242. The molecule has 1 aliphatic carbocycles. The van der Waals surface area contributed by atoms with E-state index in [2.05, 4.69) is 4.98 Å². The molecule has 1 aliphatic rings. The van der Waals surface area contributed by atoms with Crippen molar-refractivity contribution in [3.05, 3.63) is 23.8 Å². The zero-order valence-corrected chi connectivity index (χ0v) is 13.9. The highest BCUT2D eigenvalue weighted by atomic mass is 19.4. The number of alkyl halides is 6. The molecule has 1 unspecified atom stereocenters. The lowest BCUT2D eigenvalue weighted by atomic mass is 9.92. The predicted molar refractivity (Wildman–Crippen MR) is 82.9 cm³/mol. The second-order valence-electron chi connectivity index (χ2n) is 6.62. The van der Waals surface area contributed by atoms with Gasteiger partial charge in [-0.2, -0.15) is 26.3 Å². The van der Waals surface area contributed by atoms with Gasteiger partial charge in [-0.1, -0.05) is 0 Å². The minimum atomic E-state index is -5.23. The van der Waals surface area contributed by atoms with Crippen LogP contribution < -0.4 is 5.32 Å². The van der Waals surface area contributed by atoms with Crippen molar-refractivity contribution < 1.29 is 36.2 Å². The van der Waals surface area contributed by atoms with Crippen molar-refractivity contribution in [1.82, 2.24) is 9.55 Å². The molecule has 0 bridgehead atoms. The van der Waals surface area contributed by atoms with Crippen molar-refractivity contribution >= 4 is 22.9 Å².